The maximum atomic E-state index is 6.60. The van der Waals surface area contributed by atoms with Crippen molar-refractivity contribution in [1.29, 1.82) is 0 Å². The first-order valence-corrected chi connectivity index (χ1v) is 18.2. The molecule has 0 amide bonds. The van der Waals surface area contributed by atoms with Crippen LogP contribution in [-0.4, -0.2) is 15.0 Å². The van der Waals surface area contributed by atoms with Crippen molar-refractivity contribution in [3.05, 3.63) is 164 Å². The zero-order valence-corrected chi connectivity index (χ0v) is 28.6. The molecule has 11 aromatic rings. The Morgan fingerprint density at radius 1 is 0.423 bits per heavy atom. The van der Waals surface area contributed by atoms with Crippen LogP contribution < -0.4 is 0 Å². The molecule has 0 aliphatic carbocycles. The molecule has 4 aromatic heterocycles. The van der Waals surface area contributed by atoms with Crippen LogP contribution in [0.5, 0.6) is 0 Å². The summed E-state index contributed by atoms with van der Waals surface area (Å²) in [4.78, 5) is 15.5. The van der Waals surface area contributed by atoms with E-state index in [0.717, 1.165) is 98.9 Å². The Morgan fingerprint density at radius 3 is 1.85 bits per heavy atom. The van der Waals surface area contributed by atoms with E-state index in [9.17, 15) is 0 Å². The van der Waals surface area contributed by atoms with Crippen LogP contribution in [0.15, 0.2) is 168 Å². The molecule has 0 aliphatic rings. The first-order valence-electron chi connectivity index (χ1n) is 17.4. The van der Waals surface area contributed by atoms with Crippen LogP contribution in [0.3, 0.4) is 0 Å². The van der Waals surface area contributed by atoms with Crippen LogP contribution in [0.2, 0.25) is 0 Å². The lowest BCUT2D eigenvalue weighted by molar-refractivity contribution is 0.673. The standard InChI is InChI=1S/C47H27N3OS/c1-2-11-33(12-3-1)47-49-43(46-44(50-47)36-15-7-9-17-39(36)52-46)32-24-20-29(21-25-32)28-18-22-31(23-19-28)42-41-35-14-6-8-16-38(35)51-45(41)40-34-13-5-4-10-30(34)26-27-37(40)48-42/h1-27H. The van der Waals surface area contributed by atoms with Crippen LogP contribution in [0.1, 0.15) is 0 Å². The number of nitrogens with zero attached hydrogens (tertiary/aromatic N) is 3. The number of para-hydroxylation sites is 1. The predicted molar refractivity (Wildman–Crippen MR) is 217 cm³/mol. The SMILES string of the molecule is c1ccc(-c2nc(-c3ccc(-c4ccc(-c5nc6ccc7ccccc7c6c6oc7ccccc7c56)cc4)cc3)c3sc4ccccc4c3n2)cc1. The largest absolute Gasteiger partial charge is 0.455 e. The quantitative estimate of drug-likeness (QED) is 0.174. The van der Waals surface area contributed by atoms with Crippen molar-refractivity contribution in [2.45, 2.75) is 0 Å². The van der Waals surface area contributed by atoms with Crippen LogP contribution >= 0.6 is 11.3 Å². The van der Waals surface area contributed by atoms with Gasteiger partial charge in [-0.2, -0.15) is 0 Å². The molecule has 11 rings (SSSR count). The topological polar surface area (TPSA) is 51.8 Å². The Labute approximate surface area is 302 Å². The summed E-state index contributed by atoms with van der Waals surface area (Å²) in [7, 11) is 0. The number of rotatable bonds is 4. The molecule has 0 N–H and O–H groups in total. The van der Waals surface area contributed by atoms with Gasteiger partial charge in [-0.25, -0.2) is 15.0 Å². The first-order chi connectivity index (χ1) is 25.8. The Bertz CT molecular complexity index is 3160. The fourth-order valence-electron chi connectivity index (χ4n) is 7.58. The monoisotopic (exact) mass is 681 g/mol. The number of fused-ring (bicyclic) bond motifs is 10. The zero-order valence-electron chi connectivity index (χ0n) is 27.7. The van der Waals surface area contributed by atoms with E-state index in [1.165, 1.54) is 10.1 Å². The number of aromatic nitrogens is 3. The Morgan fingerprint density at radius 2 is 1.06 bits per heavy atom. The zero-order chi connectivity index (χ0) is 34.2. The third-order valence-corrected chi connectivity index (χ3v) is 11.3. The smallest absolute Gasteiger partial charge is 0.160 e. The molecule has 0 aliphatic heterocycles. The average Bonchev–Trinajstić information content (AvgIpc) is 3.80. The molecular weight excluding hydrogens is 655 g/mol. The van der Waals surface area contributed by atoms with E-state index < -0.39 is 0 Å². The second-order valence-corrected chi connectivity index (χ2v) is 14.2. The van der Waals surface area contributed by atoms with Gasteiger partial charge < -0.3 is 4.42 Å². The normalized spacial score (nSPS) is 11.8. The number of benzene rings is 7. The molecule has 52 heavy (non-hydrogen) atoms. The highest BCUT2D eigenvalue weighted by molar-refractivity contribution is 7.26. The molecule has 0 saturated carbocycles. The highest BCUT2D eigenvalue weighted by atomic mass is 32.1. The summed E-state index contributed by atoms with van der Waals surface area (Å²) in [6.07, 6.45) is 0. The highest BCUT2D eigenvalue weighted by Crippen LogP contribution is 2.43. The highest BCUT2D eigenvalue weighted by Gasteiger charge is 2.20. The fraction of sp³-hybridized carbons (Fsp3) is 0. The third kappa shape index (κ3) is 4.50. The molecule has 0 spiro atoms. The van der Waals surface area contributed by atoms with E-state index in [0.29, 0.717) is 0 Å². The summed E-state index contributed by atoms with van der Waals surface area (Å²) in [5.74, 6) is 0.737. The van der Waals surface area contributed by atoms with Gasteiger partial charge in [-0.15, -0.1) is 11.3 Å². The molecule has 0 unspecified atom stereocenters. The number of furan rings is 1. The average molecular weight is 682 g/mol. The molecule has 7 aromatic carbocycles. The summed E-state index contributed by atoms with van der Waals surface area (Å²) in [6, 6.07) is 57.1. The number of pyridine rings is 1. The minimum absolute atomic E-state index is 0.737. The van der Waals surface area contributed by atoms with Gasteiger partial charge in [-0.3, -0.25) is 0 Å². The molecule has 0 bridgehead atoms. The summed E-state index contributed by atoms with van der Waals surface area (Å²) >= 11 is 1.75. The first kappa shape index (κ1) is 29.1. The van der Waals surface area contributed by atoms with E-state index in [1.54, 1.807) is 11.3 Å². The van der Waals surface area contributed by atoms with Gasteiger partial charge in [-0.1, -0.05) is 146 Å². The van der Waals surface area contributed by atoms with Gasteiger partial charge in [0, 0.05) is 32.2 Å². The summed E-state index contributed by atoms with van der Waals surface area (Å²) < 4.78 is 8.92. The lowest BCUT2D eigenvalue weighted by Gasteiger charge is -2.10. The van der Waals surface area contributed by atoms with Gasteiger partial charge in [0.1, 0.15) is 11.2 Å². The van der Waals surface area contributed by atoms with Crippen molar-refractivity contribution < 1.29 is 4.42 Å². The van der Waals surface area contributed by atoms with Gasteiger partial charge >= 0.3 is 0 Å². The van der Waals surface area contributed by atoms with Crippen molar-refractivity contribution >= 4 is 75.3 Å². The minimum Gasteiger partial charge on any atom is -0.455 e. The minimum atomic E-state index is 0.737. The summed E-state index contributed by atoms with van der Waals surface area (Å²) in [6.45, 7) is 0. The van der Waals surface area contributed by atoms with Gasteiger partial charge in [0.25, 0.3) is 0 Å². The third-order valence-electron chi connectivity index (χ3n) is 10.1. The second kappa shape index (κ2) is 11.4. The van der Waals surface area contributed by atoms with Gasteiger partial charge in [0.05, 0.1) is 37.9 Å². The van der Waals surface area contributed by atoms with E-state index >= 15 is 0 Å². The molecule has 0 radical (unpaired) electrons. The van der Waals surface area contributed by atoms with Gasteiger partial charge in [0.15, 0.2) is 5.82 Å². The van der Waals surface area contributed by atoms with Crippen LogP contribution in [-0.2, 0) is 0 Å². The van der Waals surface area contributed by atoms with Gasteiger partial charge in [0.2, 0.25) is 0 Å². The summed E-state index contributed by atoms with van der Waals surface area (Å²) in [5, 5.41) is 6.65. The van der Waals surface area contributed by atoms with E-state index in [2.05, 4.69) is 133 Å². The van der Waals surface area contributed by atoms with Crippen molar-refractivity contribution in [2.75, 3.05) is 0 Å². The predicted octanol–water partition coefficient (Wildman–Crippen LogP) is 13.1. The molecular formula is C47H27N3OS. The van der Waals surface area contributed by atoms with Crippen molar-refractivity contribution in [1.82, 2.24) is 15.0 Å². The number of hydrogen-bond acceptors (Lipinski definition) is 5. The van der Waals surface area contributed by atoms with Crippen molar-refractivity contribution in [2.24, 2.45) is 0 Å². The maximum Gasteiger partial charge on any atom is 0.160 e. The molecule has 0 atom stereocenters. The van der Waals surface area contributed by atoms with Crippen molar-refractivity contribution in [3.63, 3.8) is 0 Å². The lowest BCUT2D eigenvalue weighted by Crippen LogP contribution is -1.93. The fourth-order valence-corrected chi connectivity index (χ4v) is 8.73. The lowest BCUT2D eigenvalue weighted by atomic mass is 9.97. The second-order valence-electron chi connectivity index (χ2n) is 13.1. The maximum absolute atomic E-state index is 6.60. The summed E-state index contributed by atoms with van der Waals surface area (Å²) in [5.41, 5.74) is 10.9. The van der Waals surface area contributed by atoms with Crippen LogP contribution in [0.25, 0.3) is 109 Å². The van der Waals surface area contributed by atoms with Gasteiger partial charge in [-0.05, 0) is 40.1 Å². The molecule has 242 valence electrons. The number of thiophene rings is 1. The Hall–Kier alpha value is -6.69. The van der Waals surface area contributed by atoms with Crippen molar-refractivity contribution in [3.8, 4) is 45.0 Å². The Balaban J connectivity index is 1.01. The number of hydrogen-bond donors (Lipinski definition) is 0. The molecule has 0 fully saturated rings. The van der Waals surface area contributed by atoms with Crippen LogP contribution in [0, 0.1) is 0 Å². The van der Waals surface area contributed by atoms with E-state index in [1.807, 2.05) is 30.3 Å². The Kier molecular flexibility index (Phi) is 6.39. The molecule has 4 heterocycles. The molecule has 5 heteroatoms. The molecule has 0 saturated heterocycles. The molecule has 4 nitrogen and oxygen atoms in total. The van der Waals surface area contributed by atoms with E-state index in [4.69, 9.17) is 19.4 Å². The van der Waals surface area contributed by atoms with Crippen LogP contribution in [0.4, 0.5) is 0 Å². The van der Waals surface area contributed by atoms with E-state index in [-0.39, 0.29) is 0 Å².